The minimum Gasteiger partial charge on any atom is -0.481 e. The zero-order valence-corrected chi connectivity index (χ0v) is 21.5. The quantitative estimate of drug-likeness (QED) is 0.289. The summed E-state index contributed by atoms with van der Waals surface area (Å²) in [7, 11) is -1.58. The lowest BCUT2D eigenvalue weighted by Gasteiger charge is -2.14. The van der Waals surface area contributed by atoms with Crippen LogP contribution >= 0.6 is 0 Å². The Bertz CT molecular complexity index is 1830. The highest BCUT2D eigenvalue weighted by atomic mass is 32.2. The number of nitrogens with one attached hydrogen (secondary N) is 1. The third-order valence-corrected chi connectivity index (χ3v) is 7.30. The van der Waals surface area contributed by atoms with Gasteiger partial charge in [-0.25, -0.2) is 32.2 Å². The van der Waals surface area contributed by atoms with E-state index in [1.54, 1.807) is 30.5 Å². The van der Waals surface area contributed by atoms with Crippen LogP contribution in [0, 0.1) is 11.6 Å². The van der Waals surface area contributed by atoms with Crippen LogP contribution in [-0.4, -0.2) is 37.6 Å². The molecule has 5 aromatic rings. The van der Waals surface area contributed by atoms with Crippen molar-refractivity contribution < 1.29 is 26.7 Å². The van der Waals surface area contributed by atoms with Gasteiger partial charge in [0.25, 0.3) is 10.0 Å². The van der Waals surface area contributed by atoms with Crippen LogP contribution in [0.2, 0.25) is 0 Å². The SMILES string of the molecule is COc1cc(-c2cc3cc(-c4cnc(OC)c(NS(=O)(=O)c5ccc(F)cc5F)c4)ccc3nc2N)ccn1. The van der Waals surface area contributed by atoms with Gasteiger partial charge < -0.3 is 15.2 Å². The Morgan fingerprint density at radius 2 is 1.69 bits per heavy atom. The number of anilines is 2. The molecule has 0 radical (unpaired) electrons. The van der Waals surface area contributed by atoms with Crippen molar-refractivity contribution in [1.29, 1.82) is 0 Å². The van der Waals surface area contributed by atoms with E-state index >= 15 is 0 Å². The summed E-state index contributed by atoms with van der Waals surface area (Å²) in [4.78, 5) is 12.1. The number of aromatic nitrogens is 3. The summed E-state index contributed by atoms with van der Waals surface area (Å²) in [5.41, 5.74) is 9.54. The van der Waals surface area contributed by atoms with E-state index in [-0.39, 0.29) is 11.6 Å². The fraction of sp³-hybridized carbons (Fsp3) is 0.0741. The van der Waals surface area contributed by atoms with Gasteiger partial charge in [0.05, 0.1) is 19.7 Å². The number of hydrogen-bond donors (Lipinski definition) is 2. The van der Waals surface area contributed by atoms with Crippen LogP contribution < -0.4 is 19.9 Å². The second-order valence-electron chi connectivity index (χ2n) is 8.38. The van der Waals surface area contributed by atoms with Crippen molar-refractivity contribution in [3.8, 4) is 34.0 Å². The molecule has 0 atom stereocenters. The Morgan fingerprint density at radius 3 is 2.44 bits per heavy atom. The summed E-state index contributed by atoms with van der Waals surface area (Å²) in [6.45, 7) is 0. The second-order valence-corrected chi connectivity index (χ2v) is 10.0. The lowest BCUT2D eigenvalue weighted by atomic mass is 10.0. The maximum absolute atomic E-state index is 14.2. The molecule has 0 unspecified atom stereocenters. The maximum Gasteiger partial charge on any atom is 0.264 e. The van der Waals surface area contributed by atoms with Crippen molar-refractivity contribution in [2.24, 2.45) is 0 Å². The van der Waals surface area contributed by atoms with Crippen LogP contribution in [0.3, 0.4) is 0 Å². The number of nitrogens with two attached hydrogens (primary N) is 1. The molecule has 2 aromatic carbocycles. The average Bonchev–Trinajstić information content (AvgIpc) is 2.92. The van der Waals surface area contributed by atoms with E-state index in [1.165, 1.54) is 26.5 Å². The van der Waals surface area contributed by atoms with Gasteiger partial charge in [0.1, 0.15) is 28.0 Å². The summed E-state index contributed by atoms with van der Waals surface area (Å²) in [6, 6.07) is 14.5. The Morgan fingerprint density at radius 1 is 0.872 bits per heavy atom. The molecule has 9 nitrogen and oxygen atoms in total. The van der Waals surface area contributed by atoms with Crippen molar-refractivity contribution in [1.82, 2.24) is 15.0 Å². The molecule has 0 bridgehead atoms. The molecule has 39 heavy (non-hydrogen) atoms. The third-order valence-electron chi connectivity index (χ3n) is 5.90. The summed E-state index contributed by atoms with van der Waals surface area (Å²) < 4.78 is 66.0. The number of hydrogen-bond acceptors (Lipinski definition) is 8. The predicted octanol–water partition coefficient (Wildman–Crippen LogP) is 5.04. The number of rotatable bonds is 7. The number of methoxy groups -OCH3 is 2. The highest BCUT2D eigenvalue weighted by molar-refractivity contribution is 7.92. The number of fused-ring (bicyclic) bond motifs is 1. The molecule has 0 saturated heterocycles. The van der Waals surface area contributed by atoms with Crippen molar-refractivity contribution >= 4 is 32.4 Å². The summed E-state index contributed by atoms with van der Waals surface area (Å²) in [5.74, 6) is -1.39. The Labute approximate surface area is 222 Å². The number of sulfonamides is 1. The van der Waals surface area contributed by atoms with E-state index in [9.17, 15) is 17.2 Å². The van der Waals surface area contributed by atoms with Crippen LogP contribution in [0.4, 0.5) is 20.3 Å². The van der Waals surface area contributed by atoms with Crippen LogP contribution in [0.5, 0.6) is 11.8 Å². The molecule has 3 heterocycles. The lowest BCUT2D eigenvalue weighted by molar-refractivity contribution is 0.398. The number of ether oxygens (including phenoxy) is 2. The fourth-order valence-electron chi connectivity index (χ4n) is 4.03. The Kier molecular flexibility index (Phi) is 6.71. The topological polar surface area (TPSA) is 129 Å². The van der Waals surface area contributed by atoms with E-state index in [4.69, 9.17) is 15.2 Å². The van der Waals surface area contributed by atoms with Crippen molar-refractivity contribution in [3.63, 3.8) is 0 Å². The van der Waals surface area contributed by atoms with Gasteiger partial charge in [0, 0.05) is 41.0 Å². The Hall–Kier alpha value is -4.84. The minimum absolute atomic E-state index is 0.0289. The van der Waals surface area contributed by atoms with E-state index in [1.807, 2.05) is 12.1 Å². The third kappa shape index (κ3) is 5.14. The molecule has 3 aromatic heterocycles. The molecule has 0 aliphatic carbocycles. The highest BCUT2D eigenvalue weighted by Crippen LogP contribution is 2.34. The van der Waals surface area contributed by atoms with Gasteiger partial charge in [-0.3, -0.25) is 4.72 Å². The maximum atomic E-state index is 14.2. The van der Waals surface area contributed by atoms with Gasteiger partial charge >= 0.3 is 0 Å². The number of nitrogens with zero attached hydrogens (tertiary/aromatic N) is 3. The average molecular weight is 550 g/mol. The standard InChI is InChI=1S/C27H21F2N5O4S/c1-37-25-12-16(7-8-31-25)20-10-17-9-15(3-5-22(17)33-26(20)30)18-11-23(27(38-2)32-14-18)34-39(35,36)24-6-4-19(28)13-21(24)29/h3-14,34H,1-2H3,(H2,30,33). The zero-order chi connectivity index (χ0) is 27.7. The van der Waals surface area contributed by atoms with E-state index in [0.29, 0.717) is 40.0 Å². The second kappa shape index (κ2) is 10.1. The molecule has 0 fully saturated rings. The molecule has 0 saturated carbocycles. The van der Waals surface area contributed by atoms with E-state index in [2.05, 4.69) is 19.7 Å². The number of halogens is 2. The molecule has 198 valence electrons. The fourth-order valence-corrected chi connectivity index (χ4v) is 5.14. The molecule has 12 heteroatoms. The Balaban J connectivity index is 1.55. The summed E-state index contributed by atoms with van der Waals surface area (Å²) in [5, 5.41) is 0.763. The largest absolute Gasteiger partial charge is 0.481 e. The molecule has 0 spiro atoms. The first-order valence-electron chi connectivity index (χ1n) is 11.4. The van der Waals surface area contributed by atoms with Gasteiger partial charge in [-0.1, -0.05) is 6.07 Å². The van der Waals surface area contributed by atoms with Gasteiger partial charge in [-0.05, 0) is 53.6 Å². The molecule has 0 amide bonds. The zero-order valence-electron chi connectivity index (χ0n) is 20.6. The highest BCUT2D eigenvalue weighted by Gasteiger charge is 2.22. The normalized spacial score (nSPS) is 11.4. The first-order valence-corrected chi connectivity index (χ1v) is 12.9. The number of benzene rings is 2. The summed E-state index contributed by atoms with van der Waals surface area (Å²) in [6.07, 6.45) is 3.12. The van der Waals surface area contributed by atoms with Crippen molar-refractivity contribution in [3.05, 3.63) is 84.7 Å². The van der Waals surface area contributed by atoms with Crippen molar-refractivity contribution in [2.45, 2.75) is 4.90 Å². The molecule has 3 N–H and O–H groups in total. The van der Waals surface area contributed by atoms with Crippen LogP contribution in [0.25, 0.3) is 33.2 Å². The van der Waals surface area contributed by atoms with Gasteiger partial charge in [-0.2, -0.15) is 0 Å². The van der Waals surface area contributed by atoms with Gasteiger partial charge in [-0.15, -0.1) is 0 Å². The predicted molar refractivity (Wildman–Crippen MR) is 143 cm³/mol. The first-order chi connectivity index (χ1) is 18.7. The van der Waals surface area contributed by atoms with E-state index in [0.717, 1.165) is 23.1 Å². The summed E-state index contributed by atoms with van der Waals surface area (Å²) >= 11 is 0. The number of pyridine rings is 3. The monoisotopic (exact) mass is 549 g/mol. The lowest BCUT2D eigenvalue weighted by Crippen LogP contribution is -2.15. The van der Waals surface area contributed by atoms with Crippen molar-refractivity contribution in [2.75, 3.05) is 24.7 Å². The molecular weight excluding hydrogens is 528 g/mol. The minimum atomic E-state index is -4.42. The first kappa shape index (κ1) is 25.8. The number of nitrogen functional groups attached to an aromatic ring is 1. The van der Waals surface area contributed by atoms with Gasteiger partial charge in [0.15, 0.2) is 0 Å². The molecule has 0 aliphatic rings. The van der Waals surface area contributed by atoms with Gasteiger partial charge in [0.2, 0.25) is 11.8 Å². The smallest absolute Gasteiger partial charge is 0.264 e. The molecular formula is C27H21F2N5O4S. The van der Waals surface area contributed by atoms with Crippen LogP contribution in [0.1, 0.15) is 0 Å². The molecule has 0 aliphatic heterocycles. The van der Waals surface area contributed by atoms with Crippen LogP contribution in [-0.2, 0) is 10.0 Å². The van der Waals surface area contributed by atoms with Crippen LogP contribution in [0.15, 0.2) is 78.0 Å². The molecule has 5 rings (SSSR count). The van der Waals surface area contributed by atoms with E-state index < -0.39 is 26.6 Å².